The van der Waals surface area contributed by atoms with Gasteiger partial charge in [0.1, 0.15) is 11.4 Å². The van der Waals surface area contributed by atoms with Crippen LogP contribution in [-0.4, -0.2) is 28.6 Å². The van der Waals surface area contributed by atoms with Crippen molar-refractivity contribution in [2.75, 3.05) is 5.32 Å². The Morgan fingerprint density at radius 3 is 2.38 bits per heavy atom. The van der Waals surface area contributed by atoms with E-state index in [1.807, 2.05) is 60.6 Å². The average Bonchev–Trinajstić information content (AvgIpc) is 2.75. The lowest BCUT2D eigenvalue weighted by Crippen LogP contribution is -2.42. The van der Waals surface area contributed by atoms with Crippen LogP contribution in [0.3, 0.4) is 0 Å². The topological polar surface area (TPSA) is 80.3 Å². The molecule has 0 saturated heterocycles. The van der Waals surface area contributed by atoms with Gasteiger partial charge in [-0.25, -0.2) is 9.78 Å². The Morgan fingerprint density at radius 1 is 1.31 bits per heavy atom. The van der Waals surface area contributed by atoms with E-state index >= 15 is 0 Å². The number of anilines is 1. The molecule has 2 heterocycles. The molecule has 0 spiro atoms. The largest absolute Gasteiger partial charge is 0.444 e. The molecule has 2 N–H and O–H groups in total. The van der Waals surface area contributed by atoms with Crippen molar-refractivity contribution in [3.05, 3.63) is 23.9 Å². The summed E-state index contributed by atoms with van der Waals surface area (Å²) in [5, 5.41) is 5.55. The normalized spacial score (nSPS) is 17.3. The quantitative estimate of drug-likeness (QED) is 0.775. The fourth-order valence-electron chi connectivity index (χ4n) is 2.42. The van der Waals surface area contributed by atoms with Crippen molar-refractivity contribution in [1.82, 2.24) is 10.3 Å². The van der Waals surface area contributed by atoms with Crippen LogP contribution < -0.4 is 10.6 Å². The van der Waals surface area contributed by atoms with Crippen molar-refractivity contribution >= 4 is 17.8 Å². The molecule has 1 fully saturated rings. The highest BCUT2D eigenvalue weighted by atomic mass is 16.6. The molecule has 0 atom stereocenters. The van der Waals surface area contributed by atoms with Crippen LogP contribution in [0.4, 0.5) is 10.6 Å². The summed E-state index contributed by atoms with van der Waals surface area (Å²) in [5.41, 5.74) is 0.173. The van der Waals surface area contributed by atoms with Crippen molar-refractivity contribution in [1.29, 1.82) is 0 Å². The fourth-order valence-corrected chi connectivity index (χ4v) is 2.42. The highest BCUT2D eigenvalue weighted by Gasteiger charge is 2.38. The van der Waals surface area contributed by atoms with Gasteiger partial charge in [0.15, 0.2) is 0 Å². The van der Waals surface area contributed by atoms with E-state index in [1.165, 1.54) is 6.42 Å². The molecule has 6 nitrogen and oxygen atoms in total. The molecule has 6 heteroatoms. The lowest BCUT2D eigenvalue weighted by atomic mass is 9.87. The van der Waals surface area contributed by atoms with Gasteiger partial charge in [-0.1, -0.05) is 19.9 Å². The smallest absolute Gasteiger partial charge is 0.407 e. The van der Waals surface area contributed by atoms with Crippen molar-refractivity contribution in [3.8, 4) is 0 Å². The number of fused-ring (bicyclic) bond motifs is 1. The number of nitrogens with zero attached hydrogens (tertiary/aromatic N) is 1. The zero-order chi connectivity index (χ0) is 20.0. The average molecular weight is 364 g/mol. The monoisotopic (exact) mass is 363 g/mol. The summed E-state index contributed by atoms with van der Waals surface area (Å²) in [6, 6.07) is 4.14. The second-order valence-electron chi connectivity index (χ2n) is 7.75. The zero-order valence-corrected chi connectivity index (χ0v) is 17.1. The summed E-state index contributed by atoms with van der Waals surface area (Å²) in [6.45, 7) is 13.4. The number of carbonyl (C=O) groups is 2. The van der Waals surface area contributed by atoms with Gasteiger partial charge < -0.3 is 15.4 Å². The van der Waals surface area contributed by atoms with E-state index in [0.717, 1.165) is 18.4 Å². The van der Waals surface area contributed by atoms with Gasteiger partial charge in [-0.05, 0) is 59.9 Å². The van der Waals surface area contributed by atoms with Crippen LogP contribution >= 0.6 is 0 Å². The van der Waals surface area contributed by atoms with Crippen LogP contribution in [-0.2, 0) is 14.9 Å². The number of hydrogen-bond donors (Lipinski definition) is 2. The molecule has 0 radical (unpaired) electrons. The van der Waals surface area contributed by atoms with E-state index in [0.29, 0.717) is 11.9 Å². The minimum atomic E-state index is -0.427. The maximum Gasteiger partial charge on any atom is 0.407 e. The molecule has 1 saturated carbocycles. The van der Waals surface area contributed by atoms with E-state index in [9.17, 15) is 9.59 Å². The van der Waals surface area contributed by atoms with Crippen LogP contribution in [0.25, 0.3) is 0 Å². The highest BCUT2D eigenvalue weighted by Crippen LogP contribution is 2.34. The van der Waals surface area contributed by atoms with Gasteiger partial charge in [-0.2, -0.15) is 0 Å². The Hall–Kier alpha value is -2.11. The molecule has 1 aliphatic heterocycles. The third-order valence-electron chi connectivity index (χ3n) is 4.11. The summed E-state index contributed by atoms with van der Waals surface area (Å²) in [5.74, 6) is 0.726. The van der Waals surface area contributed by atoms with Gasteiger partial charge >= 0.3 is 6.09 Å². The second-order valence-corrected chi connectivity index (χ2v) is 7.75. The number of amides is 2. The van der Waals surface area contributed by atoms with Crippen molar-refractivity contribution in [3.63, 3.8) is 0 Å². The van der Waals surface area contributed by atoms with Gasteiger partial charge in [-0.15, -0.1) is 0 Å². The van der Waals surface area contributed by atoms with Crippen molar-refractivity contribution in [2.45, 2.75) is 84.8 Å². The molecular formula is C20H33N3O3. The number of alkyl carbamates (subject to hydrolysis) is 1. The second kappa shape index (κ2) is 9.01. The van der Waals surface area contributed by atoms with Gasteiger partial charge in [0.05, 0.1) is 5.41 Å². The molecule has 146 valence electrons. The molecule has 1 aliphatic carbocycles. The first-order valence-corrected chi connectivity index (χ1v) is 9.36. The number of carbonyl (C=O) groups excluding carboxylic acids is 2. The number of aromatic nitrogens is 1. The Bertz CT molecular complexity index is 617. The molecule has 0 bridgehead atoms. The van der Waals surface area contributed by atoms with E-state index in [1.54, 1.807) is 6.20 Å². The lowest BCUT2D eigenvalue weighted by molar-refractivity contribution is -0.119. The molecule has 1 aromatic rings. The van der Waals surface area contributed by atoms with E-state index in [4.69, 9.17) is 4.74 Å². The first kappa shape index (κ1) is 21.9. The van der Waals surface area contributed by atoms with E-state index in [2.05, 4.69) is 15.6 Å². The predicted molar refractivity (Wildman–Crippen MR) is 104 cm³/mol. The van der Waals surface area contributed by atoms with Gasteiger partial charge in [-0.3, -0.25) is 4.79 Å². The molecule has 26 heavy (non-hydrogen) atoms. The third kappa shape index (κ3) is 6.00. The summed E-state index contributed by atoms with van der Waals surface area (Å²) in [4.78, 5) is 26.6. The van der Waals surface area contributed by atoms with Gasteiger partial charge in [0.25, 0.3) is 0 Å². The number of pyridine rings is 1. The maximum absolute atomic E-state index is 11.4. The number of ether oxygens (including phenoxy) is 1. The molecule has 2 aliphatic rings. The Kier molecular flexibility index (Phi) is 7.60. The Balaban J connectivity index is 0.000000238. The summed E-state index contributed by atoms with van der Waals surface area (Å²) in [6.07, 6.45) is 4.81. The highest BCUT2D eigenvalue weighted by molar-refractivity contribution is 6.04. The standard InChI is InChI=1S/C9H10N2O.C9H17NO2.C2H6/c1-9(2)6-4-3-5-10-7(6)11-8(9)12;1-9(2,3)12-8(11)10-7-5-4-6-7;1-2/h3-5H,1-2H3,(H,10,11,12);7H,4-6H2,1-3H3,(H,10,11);1-2H3. The number of hydrogen-bond acceptors (Lipinski definition) is 4. The van der Waals surface area contributed by atoms with Crippen LogP contribution in [0.2, 0.25) is 0 Å². The maximum atomic E-state index is 11.4. The molecule has 1 aromatic heterocycles. The predicted octanol–water partition coefficient (Wildman–Crippen LogP) is 4.40. The molecule has 3 rings (SSSR count). The van der Waals surface area contributed by atoms with Crippen LogP contribution in [0.5, 0.6) is 0 Å². The van der Waals surface area contributed by atoms with Crippen molar-refractivity contribution in [2.24, 2.45) is 0 Å². The van der Waals surface area contributed by atoms with E-state index < -0.39 is 5.41 Å². The van der Waals surface area contributed by atoms with Crippen LogP contribution in [0.1, 0.15) is 73.3 Å². The number of nitrogens with one attached hydrogen (secondary N) is 2. The minimum Gasteiger partial charge on any atom is -0.444 e. The minimum absolute atomic E-state index is 0.0243. The molecule has 0 unspecified atom stereocenters. The molecule has 2 amide bonds. The first-order chi connectivity index (χ1) is 12.1. The molecular weight excluding hydrogens is 330 g/mol. The fraction of sp³-hybridized carbons (Fsp3) is 0.650. The van der Waals surface area contributed by atoms with Crippen LogP contribution in [0, 0.1) is 0 Å². The number of rotatable bonds is 1. The van der Waals surface area contributed by atoms with Crippen LogP contribution in [0.15, 0.2) is 18.3 Å². The van der Waals surface area contributed by atoms with Gasteiger partial charge in [0.2, 0.25) is 5.91 Å². The third-order valence-corrected chi connectivity index (χ3v) is 4.11. The Morgan fingerprint density at radius 2 is 1.92 bits per heavy atom. The summed E-state index contributed by atoms with van der Waals surface area (Å²) >= 11 is 0. The molecule has 0 aromatic carbocycles. The summed E-state index contributed by atoms with van der Waals surface area (Å²) in [7, 11) is 0. The SMILES string of the molecule is CC.CC(C)(C)OC(=O)NC1CCC1.CC1(C)C(=O)Nc2ncccc21. The lowest BCUT2D eigenvalue weighted by Gasteiger charge is -2.28. The van der Waals surface area contributed by atoms with E-state index in [-0.39, 0.29) is 17.6 Å². The first-order valence-electron chi connectivity index (χ1n) is 9.36. The Labute approximate surface area is 157 Å². The van der Waals surface area contributed by atoms with Gasteiger partial charge in [0, 0.05) is 17.8 Å². The zero-order valence-electron chi connectivity index (χ0n) is 17.1. The summed E-state index contributed by atoms with van der Waals surface area (Å²) < 4.78 is 5.09. The van der Waals surface area contributed by atoms with Crippen molar-refractivity contribution < 1.29 is 14.3 Å².